The van der Waals surface area contributed by atoms with E-state index in [1.165, 1.54) is 0 Å². The quantitative estimate of drug-likeness (QED) is 0.294. The van der Waals surface area contributed by atoms with Crippen LogP contribution >= 0.6 is 0 Å². The van der Waals surface area contributed by atoms with Gasteiger partial charge in [0, 0.05) is 11.8 Å². The third kappa shape index (κ3) is 4.95. The first kappa shape index (κ1) is 18.9. The summed E-state index contributed by atoms with van der Waals surface area (Å²) in [7, 11) is 0. The zero-order chi connectivity index (χ0) is 16.6. The van der Waals surface area contributed by atoms with E-state index in [4.69, 9.17) is 16.6 Å². The Morgan fingerprint density at radius 2 is 1.45 bits per heavy atom. The molecule has 6 N–H and O–H groups in total. The second kappa shape index (κ2) is 8.48. The molecule has 0 saturated heterocycles. The molecule has 0 bridgehead atoms. The standard InChI is InChI=1S/C16H30N2O4/c17-16(18,14(21)22)15(11-7-3-4-8-12-15)10-6-2-1-5-9-13(19)20/h1-12,17-18H2,(H,19,20)(H,21,22). The van der Waals surface area contributed by atoms with Crippen molar-refractivity contribution in [2.45, 2.75) is 82.7 Å². The molecule has 0 aromatic carbocycles. The lowest BCUT2D eigenvalue weighted by atomic mass is 9.67. The molecule has 6 heteroatoms. The summed E-state index contributed by atoms with van der Waals surface area (Å²) in [5.41, 5.74) is 9.82. The summed E-state index contributed by atoms with van der Waals surface area (Å²) in [5, 5.41) is 18.1. The predicted molar refractivity (Wildman–Crippen MR) is 84.2 cm³/mol. The third-order valence-corrected chi connectivity index (χ3v) is 5.09. The Bertz CT molecular complexity index is 374. The molecule has 6 nitrogen and oxygen atoms in total. The van der Waals surface area contributed by atoms with E-state index in [9.17, 15) is 14.7 Å². The summed E-state index contributed by atoms with van der Waals surface area (Å²) in [6, 6.07) is 0. The van der Waals surface area contributed by atoms with Crippen LogP contribution in [-0.2, 0) is 9.59 Å². The average Bonchev–Trinajstić information content (AvgIpc) is 2.69. The molecule has 22 heavy (non-hydrogen) atoms. The fourth-order valence-corrected chi connectivity index (χ4v) is 3.60. The van der Waals surface area contributed by atoms with Gasteiger partial charge in [0.15, 0.2) is 5.66 Å². The molecular weight excluding hydrogens is 284 g/mol. The molecule has 0 heterocycles. The molecule has 1 fully saturated rings. The minimum atomic E-state index is -1.68. The number of carbonyl (C=O) groups is 2. The highest BCUT2D eigenvalue weighted by atomic mass is 16.4. The van der Waals surface area contributed by atoms with Crippen LogP contribution < -0.4 is 11.5 Å². The van der Waals surface area contributed by atoms with Crippen LogP contribution in [-0.4, -0.2) is 27.8 Å². The van der Waals surface area contributed by atoms with Crippen molar-refractivity contribution < 1.29 is 19.8 Å². The number of hydrogen-bond acceptors (Lipinski definition) is 4. The molecule has 0 amide bonds. The van der Waals surface area contributed by atoms with Gasteiger partial charge in [0.25, 0.3) is 0 Å². The van der Waals surface area contributed by atoms with Crippen molar-refractivity contribution in [3.05, 3.63) is 0 Å². The van der Waals surface area contributed by atoms with Crippen molar-refractivity contribution in [2.75, 3.05) is 0 Å². The molecular formula is C16H30N2O4. The molecule has 0 radical (unpaired) electrons. The van der Waals surface area contributed by atoms with E-state index in [1.807, 2.05) is 0 Å². The van der Waals surface area contributed by atoms with Gasteiger partial charge in [-0.25, -0.2) is 4.79 Å². The van der Waals surface area contributed by atoms with Gasteiger partial charge in [-0.05, 0) is 25.7 Å². The van der Waals surface area contributed by atoms with Crippen LogP contribution in [0.2, 0.25) is 0 Å². The molecule has 0 aliphatic heterocycles. The van der Waals surface area contributed by atoms with Crippen molar-refractivity contribution >= 4 is 11.9 Å². The van der Waals surface area contributed by atoms with E-state index in [0.717, 1.165) is 57.8 Å². The van der Waals surface area contributed by atoms with Crippen LogP contribution in [0.1, 0.15) is 77.0 Å². The lowest BCUT2D eigenvalue weighted by Gasteiger charge is -2.43. The SMILES string of the molecule is NC(N)(C(=O)O)C1(CCCCCCC(=O)O)CCCCCC1. The molecule has 1 aliphatic carbocycles. The maximum atomic E-state index is 11.5. The molecule has 128 valence electrons. The Labute approximate surface area is 132 Å². The topological polar surface area (TPSA) is 127 Å². The van der Waals surface area contributed by atoms with Gasteiger partial charge in [0.1, 0.15) is 0 Å². The highest BCUT2D eigenvalue weighted by molar-refractivity contribution is 5.78. The van der Waals surface area contributed by atoms with E-state index in [-0.39, 0.29) is 6.42 Å². The van der Waals surface area contributed by atoms with Gasteiger partial charge in [-0.15, -0.1) is 0 Å². The zero-order valence-electron chi connectivity index (χ0n) is 13.4. The van der Waals surface area contributed by atoms with E-state index < -0.39 is 23.0 Å². The van der Waals surface area contributed by atoms with Gasteiger partial charge in [-0.1, -0.05) is 44.9 Å². The summed E-state index contributed by atoms with van der Waals surface area (Å²) in [6.07, 6.45) is 9.85. The Morgan fingerprint density at radius 1 is 0.909 bits per heavy atom. The molecule has 0 aromatic rings. The number of carboxylic acids is 2. The molecule has 0 atom stereocenters. The Kier molecular flexibility index (Phi) is 7.29. The van der Waals surface area contributed by atoms with Gasteiger partial charge in [-0.3, -0.25) is 4.79 Å². The highest BCUT2D eigenvalue weighted by Gasteiger charge is 2.50. The average molecular weight is 314 g/mol. The largest absolute Gasteiger partial charge is 0.481 e. The van der Waals surface area contributed by atoms with Crippen LogP contribution in [0, 0.1) is 5.41 Å². The monoisotopic (exact) mass is 314 g/mol. The number of rotatable bonds is 9. The van der Waals surface area contributed by atoms with E-state index in [0.29, 0.717) is 12.8 Å². The van der Waals surface area contributed by atoms with Gasteiger partial charge in [-0.2, -0.15) is 0 Å². The number of nitrogens with two attached hydrogens (primary N) is 2. The summed E-state index contributed by atoms with van der Waals surface area (Å²) in [6.45, 7) is 0. The first-order valence-corrected chi connectivity index (χ1v) is 8.35. The highest BCUT2D eigenvalue weighted by Crippen LogP contribution is 2.45. The fraction of sp³-hybridized carbons (Fsp3) is 0.875. The molecule has 1 rings (SSSR count). The second-order valence-corrected chi connectivity index (χ2v) is 6.68. The Morgan fingerprint density at radius 3 is 1.95 bits per heavy atom. The van der Waals surface area contributed by atoms with Crippen LogP contribution in [0.25, 0.3) is 0 Å². The van der Waals surface area contributed by atoms with Crippen molar-refractivity contribution in [1.29, 1.82) is 0 Å². The van der Waals surface area contributed by atoms with Crippen LogP contribution in [0.3, 0.4) is 0 Å². The number of carboxylic acid groups (broad SMARTS) is 2. The first-order chi connectivity index (χ1) is 10.3. The maximum Gasteiger partial charge on any atom is 0.339 e. The zero-order valence-corrected chi connectivity index (χ0v) is 13.4. The van der Waals surface area contributed by atoms with Crippen molar-refractivity contribution in [1.82, 2.24) is 0 Å². The molecule has 0 aromatic heterocycles. The summed E-state index contributed by atoms with van der Waals surface area (Å²) in [4.78, 5) is 22.0. The van der Waals surface area contributed by atoms with Gasteiger partial charge in [0.2, 0.25) is 0 Å². The number of hydrogen-bond donors (Lipinski definition) is 4. The molecule has 1 aliphatic rings. The summed E-state index contributed by atoms with van der Waals surface area (Å²) >= 11 is 0. The normalized spacial score (nSPS) is 18.6. The van der Waals surface area contributed by atoms with Gasteiger partial charge >= 0.3 is 11.9 Å². The maximum absolute atomic E-state index is 11.5. The minimum absolute atomic E-state index is 0.192. The van der Waals surface area contributed by atoms with Crippen molar-refractivity contribution in [2.24, 2.45) is 16.9 Å². The minimum Gasteiger partial charge on any atom is -0.481 e. The lowest BCUT2D eigenvalue weighted by molar-refractivity contribution is -0.150. The third-order valence-electron chi connectivity index (χ3n) is 5.09. The van der Waals surface area contributed by atoms with E-state index >= 15 is 0 Å². The van der Waals surface area contributed by atoms with Crippen molar-refractivity contribution in [3.8, 4) is 0 Å². The Balaban J connectivity index is 2.59. The first-order valence-electron chi connectivity index (χ1n) is 8.35. The fourth-order valence-electron chi connectivity index (χ4n) is 3.60. The van der Waals surface area contributed by atoms with Gasteiger partial charge in [0.05, 0.1) is 0 Å². The summed E-state index contributed by atoms with van der Waals surface area (Å²) in [5.74, 6) is -1.89. The molecule has 0 unspecified atom stereocenters. The summed E-state index contributed by atoms with van der Waals surface area (Å²) < 4.78 is 0. The molecule has 0 spiro atoms. The second-order valence-electron chi connectivity index (χ2n) is 6.68. The van der Waals surface area contributed by atoms with E-state index in [2.05, 4.69) is 0 Å². The lowest BCUT2D eigenvalue weighted by Crippen LogP contribution is -2.67. The Hall–Kier alpha value is -1.14. The van der Waals surface area contributed by atoms with Crippen LogP contribution in [0.15, 0.2) is 0 Å². The predicted octanol–water partition coefficient (Wildman–Crippen LogP) is 2.45. The van der Waals surface area contributed by atoms with Crippen LogP contribution in [0.4, 0.5) is 0 Å². The van der Waals surface area contributed by atoms with Gasteiger partial charge < -0.3 is 21.7 Å². The molecule has 1 saturated carbocycles. The number of aliphatic carboxylic acids is 2. The van der Waals surface area contributed by atoms with E-state index in [1.54, 1.807) is 0 Å². The number of unbranched alkanes of at least 4 members (excludes halogenated alkanes) is 3. The smallest absolute Gasteiger partial charge is 0.339 e. The van der Waals surface area contributed by atoms with Crippen molar-refractivity contribution in [3.63, 3.8) is 0 Å². The van der Waals surface area contributed by atoms with Crippen LogP contribution in [0.5, 0.6) is 0 Å².